The summed E-state index contributed by atoms with van der Waals surface area (Å²) in [5.74, 6) is -5.65. The lowest BCUT2D eigenvalue weighted by Crippen LogP contribution is -2.26. The summed E-state index contributed by atoms with van der Waals surface area (Å²) >= 11 is 0. The fourth-order valence-electron chi connectivity index (χ4n) is 2.61. The van der Waals surface area contributed by atoms with E-state index in [0.717, 1.165) is 32.1 Å². The zero-order valence-electron chi connectivity index (χ0n) is 10.3. The molecule has 0 saturated heterocycles. The van der Waals surface area contributed by atoms with Crippen LogP contribution in [0.5, 0.6) is 0 Å². The lowest BCUT2D eigenvalue weighted by Gasteiger charge is -2.28. The molecule has 0 aromatic heterocycles. The van der Waals surface area contributed by atoms with E-state index in [9.17, 15) is 17.6 Å². The van der Waals surface area contributed by atoms with E-state index >= 15 is 0 Å². The molecule has 0 heterocycles. The van der Waals surface area contributed by atoms with Crippen molar-refractivity contribution in [1.29, 1.82) is 0 Å². The normalized spacial score (nSPS) is 17.9. The summed E-state index contributed by atoms with van der Waals surface area (Å²) in [5, 5.41) is 0. The average molecular weight is 298 g/mol. The largest absolute Gasteiger partial charge is 0.324 e. The second-order valence-corrected chi connectivity index (χ2v) is 4.81. The molecule has 1 aromatic rings. The predicted octanol–water partition coefficient (Wildman–Crippen LogP) is 4.24. The van der Waals surface area contributed by atoms with Crippen LogP contribution in [0.3, 0.4) is 0 Å². The Kier molecular flexibility index (Phi) is 5.62. The molecule has 1 aliphatic rings. The van der Waals surface area contributed by atoms with Crippen LogP contribution in [0.1, 0.15) is 43.7 Å². The Morgan fingerprint density at radius 1 is 0.947 bits per heavy atom. The van der Waals surface area contributed by atoms with Gasteiger partial charge in [0.05, 0.1) is 0 Å². The van der Waals surface area contributed by atoms with E-state index in [1.54, 1.807) is 0 Å². The summed E-state index contributed by atoms with van der Waals surface area (Å²) in [6.07, 6.45) is 4.39. The van der Waals surface area contributed by atoms with Crippen LogP contribution < -0.4 is 5.73 Å². The Balaban J connectivity index is 0.00000180. The maximum absolute atomic E-state index is 13.6. The van der Waals surface area contributed by atoms with Gasteiger partial charge in [-0.05, 0) is 18.8 Å². The smallest absolute Gasteiger partial charge is 0.166 e. The molecule has 0 spiro atoms. The van der Waals surface area contributed by atoms with Crippen molar-refractivity contribution in [2.75, 3.05) is 0 Å². The van der Waals surface area contributed by atoms with E-state index in [4.69, 9.17) is 5.73 Å². The van der Waals surface area contributed by atoms with Crippen LogP contribution in [0.2, 0.25) is 0 Å². The minimum Gasteiger partial charge on any atom is -0.324 e. The maximum atomic E-state index is 13.6. The molecule has 1 aliphatic carbocycles. The third-order valence-electron chi connectivity index (χ3n) is 3.64. The van der Waals surface area contributed by atoms with Crippen LogP contribution in [-0.4, -0.2) is 0 Å². The zero-order valence-corrected chi connectivity index (χ0v) is 11.1. The van der Waals surface area contributed by atoms with Gasteiger partial charge in [-0.15, -0.1) is 12.4 Å². The molecular weight excluding hydrogens is 282 g/mol. The topological polar surface area (TPSA) is 26.0 Å². The number of hydrogen-bond donors (Lipinski definition) is 1. The van der Waals surface area contributed by atoms with Gasteiger partial charge in [-0.3, -0.25) is 0 Å². The molecule has 1 saturated carbocycles. The summed E-state index contributed by atoms with van der Waals surface area (Å²) in [6.45, 7) is 0. The minimum absolute atomic E-state index is 0. The Hall–Kier alpha value is -0.810. The fourth-order valence-corrected chi connectivity index (χ4v) is 2.61. The number of nitrogens with two attached hydrogens (primary N) is 1. The van der Waals surface area contributed by atoms with Gasteiger partial charge >= 0.3 is 0 Å². The van der Waals surface area contributed by atoms with Crippen LogP contribution >= 0.6 is 12.4 Å². The van der Waals surface area contributed by atoms with Crippen molar-refractivity contribution in [2.45, 2.75) is 38.1 Å². The van der Waals surface area contributed by atoms with Gasteiger partial charge in [0.25, 0.3) is 0 Å². The summed E-state index contributed by atoms with van der Waals surface area (Å²) in [7, 11) is 0. The summed E-state index contributed by atoms with van der Waals surface area (Å²) in [5.41, 5.74) is 5.14. The molecule has 0 aliphatic heterocycles. The number of halogens is 5. The molecule has 1 nitrogen and oxygen atoms in total. The molecule has 0 unspecified atom stereocenters. The molecule has 0 radical (unpaired) electrons. The first-order valence-electron chi connectivity index (χ1n) is 6.11. The molecule has 6 heteroatoms. The first-order chi connectivity index (χ1) is 8.52. The van der Waals surface area contributed by atoms with Gasteiger partial charge < -0.3 is 5.73 Å². The van der Waals surface area contributed by atoms with Crippen LogP contribution in [0.25, 0.3) is 0 Å². The van der Waals surface area contributed by atoms with Gasteiger partial charge in [0, 0.05) is 17.7 Å². The maximum Gasteiger partial charge on any atom is 0.166 e. The van der Waals surface area contributed by atoms with E-state index in [1.165, 1.54) is 0 Å². The second kappa shape index (κ2) is 6.57. The van der Waals surface area contributed by atoms with Crippen molar-refractivity contribution >= 4 is 12.4 Å². The van der Waals surface area contributed by atoms with E-state index in [1.807, 2.05) is 0 Å². The van der Waals surface area contributed by atoms with E-state index < -0.39 is 34.9 Å². The predicted molar refractivity (Wildman–Crippen MR) is 67.0 cm³/mol. The quantitative estimate of drug-likeness (QED) is 0.641. The van der Waals surface area contributed by atoms with Crippen LogP contribution in [0.15, 0.2) is 6.07 Å². The zero-order chi connectivity index (χ0) is 13.3. The molecule has 2 N–H and O–H groups in total. The molecule has 1 atom stereocenters. The fraction of sp³-hybridized carbons (Fsp3) is 0.538. The molecule has 1 aromatic carbocycles. The molecule has 108 valence electrons. The van der Waals surface area contributed by atoms with Gasteiger partial charge in [-0.2, -0.15) is 0 Å². The van der Waals surface area contributed by atoms with Crippen molar-refractivity contribution in [3.05, 3.63) is 34.9 Å². The monoisotopic (exact) mass is 297 g/mol. The Bertz CT molecular complexity index is 421. The number of benzene rings is 1. The van der Waals surface area contributed by atoms with Crippen molar-refractivity contribution in [2.24, 2.45) is 11.7 Å². The summed E-state index contributed by atoms with van der Waals surface area (Å²) in [6, 6.07) is -0.780. The third kappa shape index (κ3) is 3.20. The Morgan fingerprint density at radius 3 is 1.89 bits per heavy atom. The van der Waals surface area contributed by atoms with Gasteiger partial charge in [-0.1, -0.05) is 19.3 Å². The molecule has 2 rings (SSSR count). The minimum atomic E-state index is -1.39. The Labute approximate surface area is 115 Å². The Morgan fingerprint density at radius 2 is 1.42 bits per heavy atom. The number of hydrogen-bond acceptors (Lipinski definition) is 1. The highest BCUT2D eigenvalue weighted by Crippen LogP contribution is 2.35. The first kappa shape index (κ1) is 16.2. The SMILES string of the molecule is Cl.N[C@H](c1c(F)c(F)cc(F)c1F)C1CCCCC1. The molecule has 0 bridgehead atoms. The molecular formula is C13H16ClF4N. The summed E-state index contributed by atoms with van der Waals surface area (Å²) in [4.78, 5) is 0. The highest BCUT2D eigenvalue weighted by molar-refractivity contribution is 5.85. The van der Waals surface area contributed by atoms with Crippen LogP contribution in [0.4, 0.5) is 17.6 Å². The van der Waals surface area contributed by atoms with Crippen LogP contribution in [-0.2, 0) is 0 Å². The molecule has 1 fully saturated rings. The molecule has 19 heavy (non-hydrogen) atoms. The lowest BCUT2D eigenvalue weighted by atomic mass is 9.81. The lowest BCUT2D eigenvalue weighted by molar-refractivity contribution is 0.292. The van der Waals surface area contributed by atoms with E-state index in [0.29, 0.717) is 0 Å². The average Bonchev–Trinajstić information content (AvgIpc) is 2.37. The van der Waals surface area contributed by atoms with Gasteiger partial charge in [0.1, 0.15) is 0 Å². The van der Waals surface area contributed by atoms with E-state index in [2.05, 4.69) is 0 Å². The second-order valence-electron chi connectivity index (χ2n) is 4.81. The first-order valence-corrected chi connectivity index (χ1v) is 6.11. The van der Waals surface area contributed by atoms with Gasteiger partial charge in [0.15, 0.2) is 23.3 Å². The van der Waals surface area contributed by atoms with Gasteiger partial charge in [0.2, 0.25) is 0 Å². The van der Waals surface area contributed by atoms with Crippen molar-refractivity contribution in [3.63, 3.8) is 0 Å². The highest BCUT2D eigenvalue weighted by Gasteiger charge is 2.29. The summed E-state index contributed by atoms with van der Waals surface area (Å²) < 4.78 is 53.4. The van der Waals surface area contributed by atoms with E-state index in [-0.39, 0.29) is 24.4 Å². The molecule has 0 amide bonds. The van der Waals surface area contributed by atoms with Gasteiger partial charge in [-0.25, -0.2) is 17.6 Å². The van der Waals surface area contributed by atoms with Crippen molar-refractivity contribution in [1.82, 2.24) is 0 Å². The third-order valence-corrected chi connectivity index (χ3v) is 3.64. The van der Waals surface area contributed by atoms with Crippen molar-refractivity contribution in [3.8, 4) is 0 Å². The standard InChI is InChI=1S/C13H15F4N.ClH/c14-8-6-9(15)12(17)10(11(8)16)13(18)7-4-2-1-3-5-7;/h6-7,13H,1-5,18H2;1H/t13-;/m0./s1. The highest BCUT2D eigenvalue weighted by atomic mass is 35.5. The van der Waals surface area contributed by atoms with Crippen LogP contribution in [0, 0.1) is 29.2 Å². The van der Waals surface area contributed by atoms with Crippen molar-refractivity contribution < 1.29 is 17.6 Å². The number of rotatable bonds is 2.